The van der Waals surface area contributed by atoms with Gasteiger partial charge in [-0.2, -0.15) is 0 Å². The van der Waals surface area contributed by atoms with Crippen molar-refractivity contribution < 1.29 is 9.47 Å². The number of fused-ring (bicyclic) bond motifs is 1. The van der Waals surface area contributed by atoms with Crippen LogP contribution < -0.4 is 5.69 Å². The minimum atomic E-state index is -0.370. The smallest absolute Gasteiger partial charge is 0.327 e. The molecule has 0 radical (unpaired) electrons. The van der Waals surface area contributed by atoms with Crippen LogP contribution in [0.15, 0.2) is 21.7 Å². The van der Waals surface area contributed by atoms with Gasteiger partial charge >= 0.3 is 5.69 Å². The summed E-state index contributed by atoms with van der Waals surface area (Å²) in [6, 6.07) is 1.86. The molecule has 0 saturated carbocycles. The number of hydrogen-bond donors (Lipinski definition) is 1. The Bertz CT molecular complexity index is 732. The summed E-state index contributed by atoms with van der Waals surface area (Å²) in [4.78, 5) is 19.4. The van der Waals surface area contributed by atoms with Crippen molar-refractivity contribution in [3.05, 3.63) is 27.4 Å². The zero-order valence-corrected chi connectivity index (χ0v) is 15.1. The van der Waals surface area contributed by atoms with Crippen molar-refractivity contribution >= 4 is 27.0 Å². The van der Waals surface area contributed by atoms with Gasteiger partial charge < -0.3 is 14.5 Å². The molecule has 1 fully saturated rings. The number of nitrogens with zero attached hydrogens (tertiary/aromatic N) is 2. The van der Waals surface area contributed by atoms with E-state index in [2.05, 4.69) is 25.9 Å². The minimum Gasteiger partial charge on any atom is -0.353 e. The fraction of sp³-hybridized carbons (Fsp3) is 0.625. The summed E-state index contributed by atoms with van der Waals surface area (Å²) in [5, 5.41) is 0. The molecule has 3 rings (SSSR count). The number of imidazole rings is 1. The van der Waals surface area contributed by atoms with Crippen molar-refractivity contribution in [2.45, 2.75) is 51.4 Å². The second kappa shape index (κ2) is 6.75. The fourth-order valence-electron chi connectivity index (χ4n) is 2.98. The molecular weight excluding hydrogens is 362 g/mol. The maximum Gasteiger partial charge on any atom is 0.327 e. The first kappa shape index (κ1) is 16.7. The minimum absolute atomic E-state index is 0.0995. The summed E-state index contributed by atoms with van der Waals surface area (Å²) in [7, 11) is 0. The Hall–Kier alpha value is -1.18. The highest BCUT2D eigenvalue weighted by Gasteiger charge is 2.26. The molecule has 0 bridgehead atoms. The van der Waals surface area contributed by atoms with Crippen LogP contribution in [-0.2, 0) is 15.0 Å². The maximum absolute atomic E-state index is 12.4. The van der Waals surface area contributed by atoms with Crippen LogP contribution in [0.2, 0.25) is 0 Å². The van der Waals surface area contributed by atoms with Gasteiger partial charge in [-0.1, -0.05) is 0 Å². The normalized spacial score (nSPS) is 19.3. The number of H-pyrrole nitrogens is 1. The van der Waals surface area contributed by atoms with E-state index in [0.717, 1.165) is 43.3 Å². The monoisotopic (exact) mass is 383 g/mol. The molecular formula is C16H22BrN3O3. The lowest BCUT2D eigenvalue weighted by Gasteiger charge is -2.28. The highest BCUT2D eigenvalue weighted by Crippen LogP contribution is 2.25. The van der Waals surface area contributed by atoms with Gasteiger partial charge in [0.1, 0.15) is 4.60 Å². The number of aromatic amines is 1. The highest BCUT2D eigenvalue weighted by molar-refractivity contribution is 9.10. The Morgan fingerprint density at radius 3 is 3.09 bits per heavy atom. The third-order valence-corrected chi connectivity index (χ3v) is 4.73. The van der Waals surface area contributed by atoms with Crippen molar-refractivity contribution in [3.63, 3.8) is 0 Å². The lowest BCUT2D eigenvalue weighted by Crippen LogP contribution is -2.36. The Morgan fingerprint density at radius 2 is 2.35 bits per heavy atom. The molecule has 0 spiro atoms. The van der Waals surface area contributed by atoms with E-state index in [1.165, 1.54) is 0 Å². The van der Waals surface area contributed by atoms with Crippen LogP contribution in [0, 0.1) is 0 Å². The molecule has 23 heavy (non-hydrogen) atoms. The van der Waals surface area contributed by atoms with Crippen LogP contribution in [0.5, 0.6) is 0 Å². The molecule has 0 amide bonds. The number of nitrogens with one attached hydrogen (secondary N) is 1. The standard InChI is InChI=1S/C16H22BrN3O3/c1-16(2,6-8-23-14-5-3-4-7-22-14)20-12-9-13(17)18-10-11(12)19-15(20)21/h9-10,14H,3-8H2,1-2H3,(H,19,21). The molecule has 0 aliphatic carbocycles. The van der Waals surface area contributed by atoms with Gasteiger partial charge in [0, 0.05) is 12.1 Å². The molecule has 2 aromatic heterocycles. The Kier molecular flexibility index (Phi) is 4.89. The lowest BCUT2D eigenvalue weighted by atomic mass is 10.0. The summed E-state index contributed by atoms with van der Waals surface area (Å²) in [5.74, 6) is 0. The van der Waals surface area contributed by atoms with Crippen LogP contribution in [0.25, 0.3) is 11.0 Å². The van der Waals surface area contributed by atoms with Gasteiger partial charge in [-0.05, 0) is 61.5 Å². The van der Waals surface area contributed by atoms with Crippen molar-refractivity contribution in [1.29, 1.82) is 0 Å². The van der Waals surface area contributed by atoms with Gasteiger partial charge in [0.15, 0.2) is 6.29 Å². The average molecular weight is 384 g/mol. The van der Waals surface area contributed by atoms with Crippen LogP contribution in [0.4, 0.5) is 0 Å². The molecule has 126 valence electrons. The highest BCUT2D eigenvalue weighted by atomic mass is 79.9. The molecule has 1 unspecified atom stereocenters. The Labute approximate surface area is 143 Å². The van der Waals surface area contributed by atoms with E-state index >= 15 is 0 Å². The van der Waals surface area contributed by atoms with E-state index in [9.17, 15) is 4.79 Å². The Morgan fingerprint density at radius 1 is 1.52 bits per heavy atom. The van der Waals surface area contributed by atoms with Gasteiger partial charge in [0.05, 0.1) is 23.8 Å². The molecule has 1 aliphatic rings. The molecule has 1 atom stereocenters. The first-order valence-electron chi connectivity index (χ1n) is 7.97. The zero-order chi connectivity index (χ0) is 16.4. The molecule has 1 aliphatic heterocycles. The topological polar surface area (TPSA) is 69.1 Å². The number of aromatic nitrogens is 3. The molecule has 6 nitrogen and oxygen atoms in total. The predicted octanol–water partition coefficient (Wildman–Crippen LogP) is 3.16. The lowest BCUT2D eigenvalue weighted by molar-refractivity contribution is -0.165. The number of halogens is 1. The van der Waals surface area contributed by atoms with Crippen LogP contribution in [0.3, 0.4) is 0 Å². The van der Waals surface area contributed by atoms with Gasteiger partial charge in [-0.15, -0.1) is 0 Å². The molecule has 7 heteroatoms. The largest absolute Gasteiger partial charge is 0.353 e. The fourth-order valence-corrected chi connectivity index (χ4v) is 3.30. The average Bonchev–Trinajstić information content (AvgIpc) is 2.84. The van der Waals surface area contributed by atoms with Gasteiger partial charge in [0.25, 0.3) is 0 Å². The van der Waals surface area contributed by atoms with Crippen molar-refractivity contribution in [1.82, 2.24) is 14.5 Å². The summed E-state index contributed by atoms with van der Waals surface area (Å²) in [5.41, 5.74) is 1.09. The van der Waals surface area contributed by atoms with Crippen LogP contribution in [-0.4, -0.2) is 34.0 Å². The molecule has 1 saturated heterocycles. The van der Waals surface area contributed by atoms with E-state index in [1.807, 2.05) is 19.9 Å². The van der Waals surface area contributed by atoms with Crippen molar-refractivity contribution in [2.75, 3.05) is 13.2 Å². The first-order chi connectivity index (χ1) is 11.0. The summed E-state index contributed by atoms with van der Waals surface area (Å²) in [6.45, 7) is 5.42. The maximum atomic E-state index is 12.4. The van der Waals surface area contributed by atoms with E-state index < -0.39 is 0 Å². The van der Waals surface area contributed by atoms with E-state index in [1.54, 1.807) is 10.8 Å². The van der Waals surface area contributed by atoms with Crippen molar-refractivity contribution in [3.8, 4) is 0 Å². The SMILES string of the molecule is CC(C)(CCOC1CCCCO1)n1c(=O)[nH]c2cnc(Br)cc21. The van der Waals surface area contributed by atoms with E-state index in [-0.39, 0.29) is 17.5 Å². The third kappa shape index (κ3) is 3.67. The van der Waals surface area contributed by atoms with E-state index in [4.69, 9.17) is 9.47 Å². The van der Waals surface area contributed by atoms with Crippen LogP contribution >= 0.6 is 15.9 Å². The number of rotatable bonds is 5. The van der Waals surface area contributed by atoms with Gasteiger partial charge in [0.2, 0.25) is 0 Å². The predicted molar refractivity (Wildman–Crippen MR) is 91.5 cm³/mol. The number of hydrogen-bond acceptors (Lipinski definition) is 4. The third-order valence-electron chi connectivity index (χ3n) is 4.30. The number of ether oxygens (including phenoxy) is 2. The second-order valence-corrected chi connectivity index (χ2v) is 7.33. The second-order valence-electron chi connectivity index (χ2n) is 6.52. The van der Waals surface area contributed by atoms with E-state index in [0.29, 0.717) is 11.2 Å². The Balaban J connectivity index is 1.75. The number of pyridine rings is 1. The summed E-state index contributed by atoms with van der Waals surface area (Å²) in [6.07, 6.45) is 5.50. The van der Waals surface area contributed by atoms with Gasteiger partial charge in [-0.25, -0.2) is 9.78 Å². The molecule has 0 aromatic carbocycles. The quantitative estimate of drug-likeness (QED) is 0.805. The van der Waals surface area contributed by atoms with Crippen LogP contribution in [0.1, 0.15) is 39.5 Å². The summed E-state index contributed by atoms with van der Waals surface area (Å²) < 4.78 is 13.9. The molecule has 3 heterocycles. The van der Waals surface area contributed by atoms with Gasteiger partial charge in [-0.3, -0.25) is 4.57 Å². The first-order valence-corrected chi connectivity index (χ1v) is 8.77. The van der Waals surface area contributed by atoms with Crippen molar-refractivity contribution in [2.24, 2.45) is 0 Å². The molecule has 2 aromatic rings. The molecule has 1 N–H and O–H groups in total. The zero-order valence-electron chi connectivity index (χ0n) is 13.5. The summed E-state index contributed by atoms with van der Waals surface area (Å²) >= 11 is 3.37.